The SMILES string of the molecule is CCCCCCCCCC.Cl.O. The summed E-state index contributed by atoms with van der Waals surface area (Å²) in [5.41, 5.74) is 0. The van der Waals surface area contributed by atoms with Crippen LogP contribution in [0.25, 0.3) is 0 Å². The van der Waals surface area contributed by atoms with Crippen molar-refractivity contribution < 1.29 is 5.48 Å². The molecule has 0 aromatic heterocycles. The fourth-order valence-corrected chi connectivity index (χ4v) is 1.21. The molecule has 0 heterocycles. The maximum atomic E-state index is 2.27. The van der Waals surface area contributed by atoms with Gasteiger partial charge in [-0.15, -0.1) is 12.4 Å². The number of hydrogen-bond acceptors (Lipinski definition) is 0. The summed E-state index contributed by atoms with van der Waals surface area (Å²) in [7, 11) is 0. The first-order valence-corrected chi connectivity index (χ1v) is 4.91. The minimum Gasteiger partial charge on any atom is -0.412 e. The molecule has 0 unspecified atom stereocenters. The highest BCUT2D eigenvalue weighted by atomic mass is 35.5. The summed E-state index contributed by atoms with van der Waals surface area (Å²) in [4.78, 5) is 0. The highest BCUT2D eigenvalue weighted by Crippen LogP contribution is 2.07. The fraction of sp³-hybridized carbons (Fsp3) is 1.00. The molecule has 2 N–H and O–H groups in total. The zero-order valence-electron chi connectivity index (χ0n) is 8.57. The molecule has 0 atom stereocenters. The van der Waals surface area contributed by atoms with E-state index in [4.69, 9.17) is 0 Å². The van der Waals surface area contributed by atoms with E-state index in [1.54, 1.807) is 0 Å². The molecule has 0 aliphatic rings. The number of hydrogen-bond donors (Lipinski definition) is 0. The van der Waals surface area contributed by atoms with Crippen molar-refractivity contribution in [1.82, 2.24) is 0 Å². The van der Waals surface area contributed by atoms with Crippen LogP contribution in [0.2, 0.25) is 0 Å². The quantitative estimate of drug-likeness (QED) is 0.556. The molecular formula is C10H25ClO. The van der Waals surface area contributed by atoms with Crippen molar-refractivity contribution >= 4 is 12.4 Å². The molecule has 1 nitrogen and oxygen atoms in total. The Bertz CT molecular complexity index is 49.8. The molecule has 0 saturated carbocycles. The Kier molecular flexibility index (Phi) is 26.2. The predicted molar refractivity (Wildman–Crippen MR) is 59.1 cm³/mol. The van der Waals surface area contributed by atoms with E-state index >= 15 is 0 Å². The molecule has 78 valence electrons. The van der Waals surface area contributed by atoms with E-state index in [1.807, 2.05) is 0 Å². The van der Waals surface area contributed by atoms with E-state index in [1.165, 1.54) is 51.4 Å². The van der Waals surface area contributed by atoms with Gasteiger partial charge in [0.2, 0.25) is 0 Å². The molecule has 0 aliphatic carbocycles. The van der Waals surface area contributed by atoms with Crippen molar-refractivity contribution in [2.24, 2.45) is 0 Å². The minimum absolute atomic E-state index is 0. The van der Waals surface area contributed by atoms with Crippen molar-refractivity contribution in [3.8, 4) is 0 Å². The first-order chi connectivity index (χ1) is 4.91. The van der Waals surface area contributed by atoms with Crippen molar-refractivity contribution in [1.29, 1.82) is 0 Å². The van der Waals surface area contributed by atoms with Crippen LogP contribution in [0.5, 0.6) is 0 Å². The summed E-state index contributed by atoms with van der Waals surface area (Å²) >= 11 is 0. The second kappa shape index (κ2) is 17.4. The monoisotopic (exact) mass is 196 g/mol. The third-order valence-corrected chi connectivity index (χ3v) is 1.96. The second-order valence-corrected chi connectivity index (χ2v) is 3.12. The Morgan fingerprint density at radius 1 is 0.583 bits per heavy atom. The van der Waals surface area contributed by atoms with Gasteiger partial charge in [0, 0.05) is 0 Å². The van der Waals surface area contributed by atoms with Crippen LogP contribution in [-0.4, -0.2) is 5.48 Å². The molecule has 0 spiro atoms. The van der Waals surface area contributed by atoms with Crippen LogP contribution in [0.4, 0.5) is 0 Å². The highest BCUT2D eigenvalue weighted by Gasteiger charge is 1.87. The molecule has 0 radical (unpaired) electrons. The zero-order chi connectivity index (χ0) is 7.66. The smallest absolute Gasteiger partial charge is 0.0533 e. The normalized spacial score (nSPS) is 8.50. The van der Waals surface area contributed by atoms with Gasteiger partial charge in [0.1, 0.15) is 0 Å². The van der Waals surface area contributed by atoms with Gasteiger partial charge in [-0.3, -0.25) is 0 Å². The van der Waals surface area contributed by atoms with E-state index in [9.17, 15) is 0 Å². The molecule has 0 bridgehead atoms. The summed E-state index contributed by atoms with van der Waals surface area (Å²) in [5.74, 6) is 0. The molecule has 0 aromatic rings. The topological polar surface area (TPSA) is 31.5 Å². The van der Waals surface area contributed by atoms with Crippen molar-refractivity contribution in [2.45, 2.75) is 65.2 Å². The van der Waals surface area contributed by atoms with Gasteiger partial charge in [0.25, 0.3) is 0 Å². The number of unbranched alkanes of at least 4 members (excludes halogenated alkanes) is 7. The third-order valence-electron chi connectivity index (χ3n) is 1.96. The Morgan fingerprint density at radius 3 is 1.08 bits per heavy atom. The Morgan fingerprint density at radius 2 is 0.833 bits per heavy atom. The lowest BCUT2D eigenvalue weighted by molar-refractivity contribution is 0.585. The van der Waals surface area contributed by atoms with Crippen LogP contribution in [-0.2, 0) is 0 Å². The molecule has 0 aliphatic heterocycles. The van der Waals surface area contributed by atoms with Gasteiger partial charge in [-0.05, 0) is 0 Å². The summed E-state index contributed by atoms with van der Waals surface area (Å²) in [6.07, 6.45) is 11.5. The van der Waals surface area contributed by atoms with Gasteiger partial charge in [0.15, 0.2) is 0 Å². The molecular weight excluding hydrogens is 172 g/mol. The van der Waals surface area contributed by atoms with Gasteiger partial charge in [0.05, 0.1) is 0 Å². The highest BCUT2D eigenvalue weighted by molar-refractivity contribution is 5.85. The van der Waals surface area contributed by atoms with Gasteiger partial charge in [-0.2, -0.15) is 0 Å². The summed E-state index contributed by atoms with van der Waals surface area (Å²) < 4.78 is 0. The fourth-order valence-electron chi connectivity index (χ4n) is 1.21. The third kappa shape index (κ3) is 16.7. The lowest BCUT2D eigenvalue weighted by Crippen LogP contribution is -1.77. The Hall–Kier alpha value is 0.250. The van der Waals surface area contributed by atoms with Crippen LogP contribution in [0, 0.1) is 0 Å². The van der Waals surface area contributed by atoms with Crippen LogP contribution in [0.1, 0.15) is 65.2 Å². The predicted octanol–water partition coefficient (Wildman–Crippen LogP) is 3.74. The van der Waals surface area contributed by atoms with Gasteiger partial charge in [-0.25, -0.2) is 0 Å². The van der Waals surface area contributed by atoms with E-state index < -0.39 is 0 Å². The molecule has 0 fully saturated rings. The lowest BCUT2D eigenvalue weighted by Gasteiger charge is -1.97. The van der Waals surface area contributed by atoms with Crippen LogP contribution < -0.4 is 0 Å². The Balaban J connectivity index is -0.000000405. The average molecular weight is 197 g/mol. The first kappa shape index (κ1) is 18.1. The van der Waals surface area contributed by atoms with E-state index in [2.05, 4.69) is 13.8 Å². The molecule has 0 rings (SSSR count). The molecule has 0 amide bonds. The van der Waals surface area contributed by atoms with Gasteiger partial charge < -0.3 is 5.48 Å². The largest absolute Gasteiger partial charge is 0.412 e. The van der Waals surface area contributed by atoms with Crippen LogP contribution in [0.3, 0.4) is 0 Å². The van der Waals surface area contributed by atoms with Crippen LogP contribution in [0.15, 0.2) is 0 Å². The average Bonchev–Trinajstić information content (AvgIpc) is 1.97. The molecule has 0 saturated heterocycles. The maximum Gasteiger partial charge on any atom is -0.0533 e. The number of halogens is 1. The second-order valence-electron chi connectivity index (χ2n) is 3.12. The van der Waals surface area contributed by atoms with Gasteiger partial charge in [-0.1, -0.05) is 65.2 Å². The molecule has 12 heavy (non-hydrogen) atoms. The summed E-state index contributed by atoms with van der Waals surface area (Å²) in [6, 6.07) is 0. The standard InChI is InChI=1S/C10H22.ClH.H2O/c1-3-5-7-9-10-8-6-4-2;;/h3-10H2,1-2H3;1H;1H2. The van der Waals surface area contributed by atoms with E-state index in [0.717, 1.165) is 0 Å². The van der Waals surface area contributed by atoms with E-state index in [0.29, 0.717) is 0 Å². The first-order valence-electron chi connectivity index (χ1n) is 4.91. The molecule has 0 aromatic carbocycles. The molecule has 2 heteroatoms. The van der Waals surface area contributed by atoms with Crippen molar-refractivity contribution in [2.75, 3.05) is 0 Å². The van der Waals surface area contributed by atoms with Gasteiger partial charge >= 0.3 is 0 Å². The van der Waals surface area contributed by atoms with E-state index in [-0.39, 0.29) is 17.9 Å². The van der Waals surface area contributed by atoms with Crippen molar-refractivity contribution in [3.05, 3.63) is 0 Å². The number of rotatable bonds is 7. The van der Waals surface area contributed by atoms with Crippen LogP contribution >= 0.6 is 12.4 Å². The summed E-state index contributed by atoms with van der Waals surface area (Å²) in [6.45, 7) is 4.54. The minimum atomic E-state index is 0. The Labute approximate surface area is 83.7 Å². The van der Waals surface area contributed by atoms with Crippen molar-refractivity contribution in [3.63, 3.8) is 0 Å². The lowest BCUT2D eigenvalue weighted by atomic mass is 10.1. The zero-order valence-corrected chi connectivity index (χ0v) is 9.38. The summed E-state index contributed by atoms with van der Waals surface area (Å²) in [5, 5.41) is 0. The maximum absolute atomic E-state index is 2.27.